The van der Waals surface area contributed by atoms with Gasteiger partial charge in [0.2, 0.25) is 6.04 Å². The summed E-state index contributed by atoms with van der Waals surface area (Å²) < 4.78 is 22.4. The van der Waals surface area contributed by atoms with Crippen LogP contribution in [0.2, 0.25) is 0 Å². The Kier molecular flexibility index (Phi) is 9.27. The average Bonchev–Trinajstić information content (AvgIpc) is 2.78. The first kappa shape index (κ1) is 24.9. The Hall–Kier alpha value is -3.33. The van der Waals surface area contributed by atoms with E-state index in [1.165, 1.54) is 21.1 Å². The van der Waals surface area contributed by atoms with Crippen LogP contribution < -0.4 is 23.4 Å². The number of amides is 1. The summed E-state index contributed by atoms with van der Waals surface area (Å²) in [6.45, 7) is 5.71. The normalized spacial score (nSPS) is 11.7. The van der Waals surface area contributed by atoms with E-state index < -0.39 is 17.7 Å². The molecule has 0 radical (unpaired) electrons. The molecule has 1 atom stereocenters. The van der Waals surface area contributed by atoms with E-state index >= 15 is 0 Å². The van der Waals surface area contributed by atoms with Gasteiger partial charge in [-0.3, -0.25) is 9.59 Å². The lowest BCUT2D eigenvalue weighted by Crippen LogP contribution is -2.36. The fourth-order valence-corrected chi connectivity index (χ4v) is 2.94. The SMILES string of the molecule is CCOc1cc(OCC)cc(N(Cl)C(=O)C(N=Nc2c(OC)cccc2OC)C(C)=O)c1. The molecule has 0 aliphatic rings. The number of nitrogens with zero attached hydrogens (tertiary/aromatic N) is 3. The van der Waals surface area contributed by atoms with E-state index in [9.17, 15) is 9.59 Å². The zero-order chi connectivity index (χ0) is 23.7. The number of rotatable bonds is 11. The summed E-state index contributed by atoms with van der Waals surface area (Å²) in [4.78, 5) is 25.2. The predicted molar refractivity (Wildman–Crippen MR) is 121 cm³/mol. The van der Waals surface area contributed by atoms with Crippen molar-refractivity contribution in [3.8, 4) is 23.0 Å². The van der Waals surface area contributed by atoms with Crippen LogP contribution >= 0.6 is 11.8 Å². The van der Waals surface area contributed by atoms with Gasteiger partial charge in [0.25, 0.3) is 5.91 Å². The Balaban J connectivity index is 2.39. The number of halogens is 1. The van der Waals surface area contributed by atoms with Gasteiger partial charge in [0.15, 0.2) is 11.5 Å². The highest BCUT2D eigenvalue weighted by atomic mass is 35.5. The molecule has 0 aliphatic carbocycles. The molecule has 2 aromatic rings. The first-order valence-electron chi connectivity index (χ1n) is 9.88. The number of carbonyl (C=O) groups is 2. The van der Waals surface area contributed by atoms with Crippen molar-refractivity contribution in [2.45, 2.75) is 26.8 Å². The molecule has 172 valence electrons. The maximum atomic E-state index is 13.0. The highest BCUT2D eigenvalue weighted by molar-refractivity contribution is 6.39. The van der Waals surface area contributed by atoms with Gasteiger partial charge in [-0.2, -0.15) is 5.11 Å². The molecule has 0 fully saturated rings. The number of methoxy groups -OCH3 is 2. The third-order valence-corrected chi connectivity index (χ3v) is 4.56. The summed E-state index contributed by atoms with van der Waals surface area (Å²) in [7, 11) is 2.92. The van der Waals surface area contributed by atoms with Crippen LogP contribution in [0.15, 0.2) is 46.6 Å². The van der Waals surface area contributed by atoms with Crippen molar-refractivity contribution in [3.05, 3.63) is 36.4 Å². The van der Waals surface area contributed by atoms with Crippen molar-refractivity contribution >= 4 is 34.8 Å². The molecule has 0 spiro atoms. The lowest BCUT2D eigenvalue weighted by Gasteiger charge is -2.19. The number of azo groups is 1. The molecule has 0 aromatic heterocycles. The van der Waals surface area contributed by atoms with Crippen molar-refractivity contribution in [2.24, 2.45) is 10.2 Å². The lowest BCUT2D eigenvalue weighted by molar-refractivity contribution is -0.126. The van der Waals surface area contributed by atoms with Crippen molar-refractivity contribution in [1.29, 1.82) is 0 Å². The fraction of sp³-hybridized carbons (Fsp3) is 0.364. The van der Waals surface area contributed by atoms with E-state index in [1.807, 2.05) is 13.8 Å². The number of ketones is 1. The minimum Gasteiger partial charge on any atom is -0.494 e. The maximum Gasteiger partial charge on any atom is 0.276 e. The second-order valence-electron chi connectivity index (χ2n) is 6.39. The Morgan fingerprint density at radius 1 is 1.00 bits per heavy atom. The Morgan fingerprint density at radius 2 is 1.53 bits per heavy atom. The van der Waals surface area contributed by atoms with Crippen LogP contribution in [0, 0.1) is 0 Å². The largest absolute Gasteiger partial charge is 0.494 e. The third-order valence-electron chi connectivity index (χ3n) is 4.20. The van der Waals surface area contributed by atoms with E-state index in [1.54, 1.807) is 36.4 Å². The van der Waals surface area contributed by atoms with Gasteiger partial charge >= 0.3 is 0 Å². The molecule has 0 heterocycles. The number of anilines is 1. The number of hydrogen-bond acceptors (Lipinski definition) is 8. The monoisotopic (exact) mass is 463 g/mol. The number of carbonyl (C=O) groups excluding carboxylic acids is 2. The fourth-order valence-electron chi connectivity index (χ4n) is 2.75. The van der Waals surface area contributed by atoms with E-state index in [0.717, 1.165) is 4.42 Å². The van der Waals surface area contributed by atoms with E-state index in [2.05, 4.69) is 10.2 Å². The van der Waals surface area contributed by atoms with Crippen LogP contribution in [0.1, 0.15) is 20.8 Å². The highest BCUT2D eigenvalue weighted by Crippen LogP contribution is 2.37. The van der Waals surface area contributed by atoms with Gasteiger partial charge in [-0.15, -0.1) is 5.11 Å². The summed E-state index contributed by atoms with van der Waals surface area (Å²) in [6.07, 6.45) is 0. The molecular weight excluding hydrogens is 438 g/mol. The first-order chi connectivity index (χ1) is 15.4. The van der Waals surface area contributed by atoms with Crippen LogP contribution in [0.5, 0.6) is 23.0 Å². The zero-order valence-corrected chi connectivity index (χ0v) is 19.4. The molecule has 0 saturated heterocycles. The minimum absolute atomic E-state index is 0.245. The van der Waals surface area contributed by atoms with Crippen molar-refractivity contribution < 1.29 is 28.5 Å². The topological polar surface area (TPSA) is 99.0 Å². The standard InChI is InChI=1S/C22H26ClN3O6/c1-6-31-16-11-15(12-17(13-16)32-7-2)26(23)22(28)20(14(3)27)24-25-21-18(29-4)9-8-10-19(21)30-5/h8-13,20H,6-7H2,1-5H3. The van der Waals surface area contributed by atoms with Crippen LogP contribution in [0.4, 0.5) is 11.4 Å². The number of benzene rings is 2. The van der Waals surface area contributed by atoms with Crippen LogP contribution in [0.25, 0.3) is 0 Å². The van der Waals surface area contributed by atoms with Crippen LogP contribution in [-0.4, -0.2) is 45.2 Å². The maximum absolute atomic E-state index is 13.0. The lowest BCUT2D eigenvalue weighted by atomic mass is 10.2. The van der Waals surface area contributed by atoms with Gasteiger partial charge in [0, 0.05) is 30.0 Å². The number of ether oxygens (including phenoxy) is 4. The van der Waals surface area contributed by atoms with Gasteiger partial charge in [0.1, 0.15) is 23.0 Å². The highest BCUT2D eigenvalue weighted by Gasteiger charge is 2.29. The molecule has 32 heavy (non-hydrogen) atoms. The second-order valence-corrected chi connectivity index (χ2v) is 6.73. The average molecular weight is 464 g/mol. The van der Waals surface area contributed by atoms with Gasteiger partial charge in [-0.25, -0.2) is 4.42 Å². The molecule has 10 heteroatoms. The van der Waals surface area contributed by atoms with E-state index in [4.69, 9.17) is 30.7 Å². The smallest absolute Gasteiger partial charge is 0.276 e. The van der Waals surface area contributed by atoms with Gasteiger partial charge in [0.05, 0.1) is 33.1 Å². The van der Waals surface area contributed by atoms with Crippen molar-refractivity contribution in [1.82, 2.24) is 0 Å². The first-order valence-corrected chi connectivity index (χ1v) is 10.2. The summed E-state index contributed by atoms with van der Waals surface area (Å²) in [5.74, 6) is 0.350. The predicted octanol–water partition coefficient (Wildman–Crippen LogP) is 4.73. The second kappa shape index (κ2) is 11.9. The minimum atomic E-state index is -1.48. The summed E-state index contributed by atoms with van der Waals surface area (Å²) in [5.41, 5.74) is 0.511. The summed E-state index contributed by atoms with van der Waals surface area (Å²) in [5, 5.41) is 8.01. The molecule has 1 amide bonds. The zero-order valence-electron chi connectivity index (χ0n) is 18.6. The van der Waals surface area contributed by atoms with Gasteiger partial charge in [-0.1, -0.05) is 6.07 Å². The van der Waals surface area contributed by atoms with Crippen LogP contribution in [0.3, 0.4) is 0 Å². The molecule has 0 aliphatic heterocycles. The van der Waals surface area contributed by atoms with Crippen molar-refractivity contribution in [3.63, 3.8) is 0 Å². The van der Waals surface area contributed by atoms with Gasteiger partial charge < -0.3 is 18.9 Å². The summed E-state index contributed by atoms with van der Waals surface area (Å²) >= 11 is 6.31. The Bertz CT molecular complexity index is 936. The Morgan fingerprint density at radius 3 is 1.97 bits per heavy atom. The third kappa shape index (κ3) is 6.10. The Labute approximate surface area is 192 Å². The molecule has 0 N–H and O–H groups in total. The molecule has 0 bridgehead atoms. The molecule has 2 rings (SSSR count). The quantitative estimate of drug-likeness (QED) is 0.271. The van der Waals surface area contributed by atoms with Gasteiger partial charge in [-0.05, 0) is 32.9 Å². The van der Waals surface area contributed by atoms with E-state index in [-0.39, 0.29) is 11.4 Å². The number of hydrogen-bond donors (Lipinski definition) is 0. The molecule has 0 saturated carbocycles. The number of Topliss-reactive ketones (excluding diaryl/α,β-unsaturated/α-hetero) is 1. The molecule has 2 aromatic carbocycles. The van der Waals surface area contributed by atoms with E-state index in [0.29, 0.717) is 36.2 Å². The summed E-state index contributed by atoms with van der Waals surface area (Å²) in [6, 6.07) is 8.36. The van der Waals surface area contributed by atoms with Crippen molar-refractivity contribution in [2.75, 3.05) is 31.9 Å². The molecule has 9 nitrogen and oxygen atoms in total. The molecule has 1 unspecified atom stereocenters. The molecular formula is C22H26ClN3O6. The van der Waals surface area contributed by atoms with Crippen LogP contribution in [-0.2, 0) is 9.59 Å².